The van der Waals surface area contributed by atoms with Crippen LogP contribution in [0.3, 0.4) is 0 Å². The van der Waals surface area contributed by atoms with Gasteiger partial charge in [0.1, 0.15) is 10.1 Å². The van der Waals surface area contributed by atoms with E-state index in [0.29, 0.717) is 0 Å². The summed E-state index contributed by atoms with van der Waals surface area (Å²) in [6.45, 7) is 0. The van der Waals surface area contributed by atoms with Crippen LogP contribution in [0.5, 0.6) is 0 Å². The Bertz CT molecular complexity index is 947. The molecule has 1 aromatic rings. The fraction of sp³-hybridized carbons (Fsp3) is 0.143. The third-order valence-corrected chi connectivity index (χ3v) is 5.58. The minimum atomic E-state index is -4.54. The highest BCUT2D eigenvalue weighted by molar-refractivity contribution is 7.86. The second kappa shape index (κ2) is 6.15. The molecule has 24 heavy (non-hydrogen) atoms. The summed E-state index contributed by atoms with van der Waals surface area (Å²) in [5.74, 6) is 0. The van der Waals surface area contributed by atoms with E-state index in [2.05, 4.69) is 0 Å². The smallest absolute Gasteiger partial charge is 0.295 e. The maximum absolute atomic E-state index is 11.5. The van der Waals surface area contributed by atoms with Crippen LogP contribution in [0.25, 0.3) is 6.08 Å². The van der Waals surface area contributed by atoms with Crippen molar-refractivity contribution < 1.29 is 25.9 Å². The zero-order chi connectivity index (χ0) is 18.2. The molecule has 0 saturated carbocycles. The average molecular weight is 372 g/mol. The minimum Gasteiger partial charge on any atom is -0.399 e. The number of nitrogen functional groups attached to an aromatic ring is 1. The van der Waals surface area contributed by atoms with Gasteiger partial charge in [-0.25, -0.2) is 0 Å². The molecule has 1 aromatic carbocycles. The van der Waals surface area contributed by atoms with Crippen LogP contribution in [-0.4, -0.2) is 36.7 Å². The molecule has 6 N–H and O–H groups in total. The van der Waals surface area contributed by atoms with E-state index < -0.39 is 35.9 Å². The summed E-state index contributed by atoms with van der Waals surface area (Å²) >= 11 is 0. The summed E-state index contributed by atoms with van der Waals surface area (Å²) in [5, 5.41) is -1.44. The first-order valence-electron chi connectivity index (χ1n) is 6.61. The van der Waals surface area contributed by atoms with E-state index in [4.69, 9.17) is 11.5 Å². The molecule has 0 radical (unpaired) electrons. The maximum atomic E-state index is 11.5. The van der Waals surface area contributed by atoms with Gasteiger partial charge in [0.2, 0.25) is 0 Å². The summed E-state index contributed by atoms with van der Waals surface area (Å²) in [6, 6.07) is 3.81. The Hall–Kier alpha value is -1.98. The molecule has 0 spiro atoms. The lowest BCUT2D eigenvalue weighted by Crippen LogP contribution is -2.51. The molecule has 0 bridgehead atoms. The second-order valence-electron chi connectivity index (χ2n) is 5.29. The second-order valence-corrected chi connectivity index (χ2v) is 8.21. The van der Waals surface area contributed by atoms with E-state index >= 15 is 0 Å². The molecular formula is C14H16N2O6S2. The van der Waals surface area contributed by atoms with E-state index in [9.17, 15) is 25.9 Å². The van der Waals surface area contributed by atoms with Crippen LogP contribution in [0.1, 0.15) is 5.56 Å². The molecule has 0 fully saturated rings. The van der Waals surface area contributed by atoms with Crippen LogP contribution in [0, 0.1) is 0 Å². The molecule has 2 atom stereocenters. The number of benzene rings is 1. The van der Waals surface area contributed by atoms with Gasteiger partial charge >= 0.3 is 0 Å². The minimum absolute atomic E-state index is 0.0635. The number of hydrogen-bond donors (Lipinski definition) is 4. The number of nitrogens with two attached hydrogens (primary N) is 2. The molecule has 0 saturated heterocycles. The number of allylic oxidation sites excluding steroid dienone is 2. The topological polar surface area (TPSA) is 161 Å². The van der Waals surface area contributed by atoms with E-state index in [1.54, 1.807) is 0 Å². The van der Waals surface area contributed by atoms with Crippen molar-refractivity contribution in [2.75, 3.05) is 5.73 Å². The number of rotatable bonds is 4. The molecule has 0 heterocycles. The third kappa shape index (κ3) is 3.91. The predicted molar refractivity (Wildman–Crippen MR) is 90.2 cm³/mol. The normalized spacial score (nSPS) is 24.5. The van der Waals surface area contributed by atoms with E-state index in [-0.39, 0.29) is 11.3 Å². The predicted octanol–water partition coefficient (Wildman–Crippen LogP) is 0.609. The summed E-state index contributed by atoms with van der Waals surface area (Å²) in [5.41, 5.74) is 10.1. The first-order chi connectivity index (χ1) is 10.9. The molecule has 1 aliphatic rings. The highest BCUT2D eigenvalue weighted by Crippen LogP contribution is 2.26. The van der Waals surface area contributed by atoms with Gasteiger partial charge < -0.3 is 11.5 Å². The Balaban J connectivity index is 2.51. The highest BCUT2D eigenvalue weighted by atomic mass is 32.2. The van der Waals surface area contributed by atoms with Crippen LogP contribution >= 0.6 is 0 Å². The van der Waals surface area contributed by atoms with Crippen molar-refractivity contribution in [3.8, 4) is 0 Å². The van der Waals surface area contributed by atoms with Crippen LogP contribution < -0.4 is 11.5 Å². The van der Waals surface area contributed by atoms with Gasteiger partial charge in [0, 0.05) is 5.69 Å². The molecule has 0 amide bonds. The SMILES string of the molecule is Nc1ccc(C=CC2(N)C=CC=CC2S(=O)(=O)O)c(S(=O)(=O)O)c1. The van der Waals surface area contributed by atoms with Crippen molar-refractivity contribution in [1.29, 1.82) is 0 Å². The summed E-state index contributed by atoms with van der Waals surface area (Å²) in [7, 11) is -9.03. The fourth-order valence-electron chi connectivity index (χ4n) is 2.30. The molecule has 1 aliphatic carbocycles. The monoisotopic (exact) mass is 372 g/mol. The quantitative estimate of drug-likeness (QED) is 0.441. The Morgan fingerprint density at radius 2 is 1.79 bits per heavy atom. The molecular weight excluding hydrogens is 356 g/mol. The first kappa shape index (κ1) is 18.4. The Morgan fingerprint density at radius 1 is 1.12 bits per heavy atom. The van der Waals surface area contributed by atoms with Gasteiger partial charge in [-0.3, -0.25) is 9.11 Å². The molecule has 130 valence electrons. The fourth-order valence-corrected chi connectivity index (χ4v) is 3.98. The van der Waals surface area contributed by atoms with Crippen LogP contribution in [0.15, 0.2) is 53.5 Å². The Labute approximate surface area is 139 Å². The van der Waals surface area contributed by atoms with Crippen molar-refractivity contribution >= 4 is 32.0 Å². The molecule has 0 aromatic heterocycles. The zero-order valence-electron chi connectivity index (χ0n) is 12.3. The van der Waals surface area contributed by atoms with Crippen molar-refractivity contribution in [1.82, 2.24) is 0 Å². The van der Waals surface area contributed by atoms with Gasteiger partial charge in [-0.1, -0.05) is 42.5 Å². The zero-order valence-corrected chi connectivity index (χ0v) is 13.9. The van der Waals surface area contributed by atoms with Gasteiger partial charge in [0.15, 0.2) is 0 Å². The van der Waals surface area contributed by atoms with E-state index in [1.165, 1.54) is 48.6 Å². The van der Waals surface area contributed by atoms with Crippen molar-refractivity contribution in [2.24, 2.45) is 5.73 Å². The van der Waals surface area contributed by atoms with Crippen LogP contribution in [0.4, 0.5) is 5.69 Å². The van der Waals surface area contributed by atoms with Crippen LogP contribution in [-0.2, 0) is 20.2 Å². The van der Waals surface area contributed by atoms with Gasteiger partial charge in [-0.15, -0.1) is 0 Å². The highest BCUT2D eigenvalue weighted by Gasteiger charge is 2.38. The molecule has 2 rings (SSSR count). The van der Waals surface area contributed by atoms with Gasteiger partial charge in [0.25, 0.3) is 20.2 Å². The van der Waals surface area contributed by atoms with Crippen molar-refractivity contribution in [2.45, 2.75) is 15.7 Å². The lowest BCUT2D eigenvalue weighted by atomic mass is 9.90. The molecule has 0 aliphatic heterocycles. The first-order valence-corrected chi connectivity index (χ1v) is 9.55. The Kier molecular flexibility index (Phi) is 4.70. The molecule has 10 heteroatoms. The summed E-state index contributed by atoms with van der Waals surface area (Å²) in [4.78, 5) is -0.443. The van der Waals surface area contributed by atoms with Gasteiger partial charge in [-0.05, 0) is 17.7 Å². The van der Waals surface area contributed by atoms with Crippen molar-refractivity contribution in [3.63, 3.8) is 0 Å². The Morgan fingerprint density at radius 3 is 2.38 bits per heavy atom. The number of hydrogen-bond acceptors (Lipinski definition) is 6. The largest absolute Gasteiger partial charge is 0.399 e. The van der Waals surface area contributed by atoms with E-state index in [0.717, 1.165) is 6.07 Å². The van der Waals surface area contributed by atoms with Crippen molar-refractivity contribution in [3.05, 3.63) is 54.1 Å². The number of anilines is 1. The summed E-state index contributed by atoms with van der Waals surface area (Å²) in [6.07, 6.45) is 7.96. The van der Waals surface area contributed by atoms with Gasteiger partial charge in [-0.2, -0.15) is 16.8 Å². The summed E-state index contributed by atoms with van der Waals surface area (Å²) < 4.78 is 64.4. The molecule has 8 nitrogen and oxygen atoms in total. The maximum Gasteiger partial charge on any atom is 0.295 e. The lowest BCUT2D eigenvalue weighted by Gasteiger charge is -2.29. The molecule has 2 unspecified atom stereocenters. The standard InChI is InChI=1S/C14H16N2O6S2/c15-11-5-4-10(12(9-11)23(17,18)19)6-8-14(16)7-2-1-3-13(14)24(20,21)22/h1-9,13H,15-16H2,(H,17,18,19)(H,20,21,22). The lowest BCUT2D eigenvalue weighted by molar-refractivity contribution is 0.459. The third-order valence-electron chi connectivity index (χ3n) is 3.46. The average Bonchev–Trinajstić information content (AvgIpc) is 2.44. The van der Waals surface area contributed by atoms with Gasteiger partial charge in [0.05, 0.1) is 5.54 Å². The van der Waals surface area contributed by atoms with Crippen LogP contribution in [0.2, 0.25) is 0 Å². The van der Waals surface area contributed by atoms with E-state index in [1.807, 2.05) is 0 Å².